The lowest BCUT2D eigenvalue weighted by Gasteiger charge is -2.29. The smallest absolute Gasteiger partial charge is 0.323 e. The Hall–Kier alpha value is -1.44. The Morgan fingerprint density at radius 1 is 1.10 bits per heavy atom. The standard InChI is InChI=1S/C20H30Cl2N4O2S/c1-7-14(6)29-20(24-18(27)25(8-2)9-3)26(13(4)5)19(28)23-15-10-11-16(21)17(22)12-15/h10-14H,7-9H2,1-6H3,(H,23,28). The Kier molecular flexibility index (Phi) is 10.9. The molecule has 29 heavy (non-hydrogen) atoms. The number of urea groups is 2. The van der Waals surface area contributed by atoms with Gasteiger partial charge in [-0.25, -0.2) is 9.59 Å². The summed E-state index contributed by atoms with van der Waals surface area (Å²) >= 11 is 13.4. The van der Waals surface area contributed by atoms with E-state index in [1.807, 2.05) is 34.6 Å². The number of anilines is 1. The van der Waals surface area contributed by atoms with Crippen LogP contribution in [-0.2, 0) is 0 Å². The zero-order valence-electron chi connectivity index (χ0n) is 17.8. The molecule has 0 heterocycles. The summed E-state index contributed by atoms with van der Waals surface area (Å²) in [7, 11) is 0. The molecule has 6 nitrogen and oxygen atoms in total. The first-order chi connectivity index (χ1) is 13.6. The highest BCUT2D eigenvalue weighted by atomic mass is 35.5. The maximum absolute atomic E-state index is 13.1. The van der Waals surface area contributed by atoms with Gasteiger partial charge in [0, 0.05) is 30.1 Å². The molecule has 1 rings (SSSR count). The van der Waals surface area contributed by atoms with E-state index in [1.54, 1.807) is 23.1 Å². The van der Waals surface area contributed by atoms with Gasteiger partial charge in [-0.3, -0.25) is 4.90 Å². The molecule has 9 heteroatoms. The van der Waals surface area contributed by atoms with Crippen molar-refractivity contribution in [3.05, 3.63) is 28.2 Å². The molecule has 0 aliphatic heterocycles. The van der Waals surface area contributed by atoms with Gasteiger partial charge >= 0.3 is 12.1 Å². The summed E-state index contributed by atoms with van der Waals surface area (Å²) in [5.74, 6) is 0. The van der Waals surface area contributed by atoms with Crippen molar-refractivity contribution in [2.75, 3.05) is 18.4 Å². The van der Waals surface area contributed by atoms with E-state index in [9.17, 15) is 9.59 Å². The number of hydrogen-bond acceptors (Lipinski definition) is 3. The number of carbonyl (C=O) groups is 2. The van der Waals surface area contributed by atoms with E-state index >= 15 is 0 Å². The molecule has 1 N–H and O–H groups in total. The number of aliphatic imine (C=N–C) groups is 1. The van der Waals surface area contributed by atoms with Crippen LogP contribution in [0.5, 0.6) is 0 Å². The molecule has 0 aliphatic carbocycles. The van der Waals surface area contributed by atoms with E-state index in [2.05, 4.69) is 17.2 Å². The Morgan fingerprint density at radius 3 is 2.21 bits per heavy atom. The van der Waals surface area contributed by atoms with Gasteiger partial charge in [-0.1, -0.05) is 48.8 Å². The van der Waals surface area contributed by atoms with E-state index in [-0.39, 0.29) is 23.4 Å². The fourth-order valence-electron chi connectivity index (χ4n) is 2.35. The molecule has 0 fully saturated rings. The van der Waals surface area contributed by atoms with Crippen molar-refractivity contribution in [3.63, 3.8) is 0 Å². The van der Waals surface area contributed by atoms with Crippen molar-refractivity contribution in [2.45, 2.75) is 59.3 Å². The van der Waals surface area contributed by atoms with Crippen molar-refractivity contribution in [3.8, 4) is 0 Å². The Labute approximate surface area is 188 Å². The highest BCUT2D eigenvalue weighted by Gasteiger charge is 2.26. The van der Waals surface area contributed by atoms with Crippen molar-refractivity contribution >= 4 is 57.9 Å². The summed E-state index contributed by atoms with van der Waals surface area (Å²) in [6.45, 7) is 12.8. The third-order valence-corrected chi connectivity index (χ3v) is 6.19. The second kappa shape index (κ2) is 12.3. The first-order valence-corrected chi connectivity index (χ1v) is 11.4. The molecule has 0 spiro atoms. The van der Waals surface area contributed by atoms with Crippen LogP contribution in [0.2, 0.25) is 10.0 Å². The van der Waals surface area contributed by atoms with Gasteiger partial charge in [0.25, 0.3) is 0 Å². The predicted octanol–water partition coefficient (Wildman–Crippen LogP) is 6.59. The lowest BCUT2D eigenvalue weighted by atomic mass is 10.3. The zero-order valence-corrected chi connectivity index (χ0v) is 20.2. The Balaban J connectivity index is 3.24. The topological polar surface area (TPSA) is 65.0 Å². The SMILES string of the molecule is CCC(C)SC(=NC(=O)N(CC)CC)N(C(=O)Nc1ccc(Cl)c(Cl)c1)C(C)C. The average molecular weight is 461 g/mol. The van der Waals surface area contributed by atoms with Gasteiger partial charge in [0.1, 0.15) is 0 Å². The van der Waals surface area contributed by atoms with E-state index in [1.165, 1.54) is 16.7 Å². The van der Waals surface area contributed by atoms with Gasteiger partial charge in [-0.2, -0.15) is 4.99 Å². The minimum Gasteiger partial charge on any atom is -0.323 e. The molecule has 0 saturated heterocycles. The maximum Gasteiger partial charge on any atom is 0.345 e. The Bertz CT molecular complexity index is 739. The number of carbonyl (C=O) groups excluding carboxylic acids is 2. The van der Waals surface area contributed by atoms with Crippen LogP contribution in [0.3, 0.4) is 0 Å². The van der Waals surface area contributed by atoms with E-state index in [4.69, 9.17) is 23.2 Å². The largest absolute Gasteiger partial charge is 0.345 e. The number of thioether (sulfide) groups is 1. The zero-order chi connectivity index (χ0) is 22.1. The van der Waals surface area contributed by atoms with Gasteiger partial charge < -0.3 is 10.2 Å². The number of hydrogen-bond donors (Lipinski definition) is 1. The number of benzene rings is 1. The Morgan fingerprint density at radius 2 is 1.72 bits per heavy atom. The molecule has 0 aromatic heterocycles. The third-order valence-electron chi connectivity index (χ3n) is 4.22. The minimum atomic E-state index is -0.389. The van der Waals surface area contributed by atoms with Gasteiger partial charge in [-0.05, 0) is 52.3 Å². The van der Waals surface area contributed by atoms with Gasteiger partial charge in [-0.15, -0.1) is 0 Å². The summed E-state index contributed by atoms with van der Waals surface area (Å²) < 4.78 is 0. The number of nitrogens with one attached hydrogen (secondary N) is 1. The van der Waals surface area contributed by atoms with Crippen LogP contribution in [0.15, 0.2) is 23.2 Å². The van der Waals surface area contributed by atoms with Crippen LogP contribution in [0.4, 0.5) is 15.3 Å². The minimum absolute atomic E-state index is 0.192. The lowest BCUT2D eigenvalue weighted by Crippen LogP contribution is -2.44. The highest BCUT2D eigenvalue weighted by molar-refractivity contribution is 8.14. The molecule has 1 atom stereocenters. The first-order valence-electron chi connectivity index (χ1n) is 9.73. The van der Waals surface area contributed by atoms with Crippen LogP contribution in [0, 0.1) is 0 Å². The van der Waals surface area contributed by atoms with Gasteiger partial charge in [0.2, 0.25) is 0 Å². The second-order valence-corrected chi connectivity index (χ2v) is 8.93. The third kappa shape index (κ3) is 7.72. The quantitative estimate of drug-likeness (QED) is 0.384. The van der Waals surface area contributed by atoms with Gasteiger partial charge in [0.05, 0.1) is 10.0 Å². The number of nitrogens with zero attached hydrogens (tertiary/aromatic N) is 3. The molecule has 1 unspecified atom stereocenters. The summed E-state index contributed by atoms with van der Waals surface area (Å²) in [4.78, 5) is 33.1. The van der Waals surface area contributed by atoms with Crippen molar-refractivity contribution in [2.24, 2.45) is 4.99 Å². The first kappa shape index (κ1) is 25.6. The molecule has 0 aliphatic rings. The van der Waals surface area contributed by atoms with Crippen LogP contribution < -0.4 is 5.32 Å². The van der Waals surface area contributed by atoms with Crippen molar-refractivity contribution in [1.29, 1.82) is 0 Å². The number of halogens is 2. The monoisotopic (exact) mass is 460 g/mol. The molecule has 0 bridgehead atoms. The highest BCUT2D eigenvalue weighted by Crippen LogP contribution is 2.26. The van der Waals surface area contributed by atoms with E-state index in [0.29, 0.717) is 34.0 Å². The number of amidine groups is 1. The number of amides is 4. The molecular weight excluding hydrogens is 431 g/mol. The van der Waals surface area contributed by atoms with Crippen molar-refractivity contribution in [1.82, 2.24) is 9.80 Å². The molecule has 0 saturated carbocycles. The second-order valence-electron chi connectivity index (χ2n) is 6.71. The summed E-state index contributed by atoms with van der Waals surface area (Å²) in [5.41, 5.74) is 0.512. The number of rotatable bonds is 6. The van der Waals surface area contributed by atoms with Crippen molar-refractivity contribution < 1.29 is 9.59 Å². The molecule has 4 amide bonds. The van der Waals surface area contributed by atoms with Crippen LogP contribution in [0.1, 0.15) is 48.0 Å². The molecule has 162 valence electrons. The molecule has 0 radical (unpaired) electrons. The summed E-state index contributed by atoms with van der Waals surface area (Å²) in [6, 6.07) is 3.92. The average Bonchev–Trinajstić information content (AvgIpc) is 2.65. The summed E-state index contributed by atoms with van der Waals surface area (Å²) in [6.07, 6.45) is 0.878. The molecule has 1 aromatic rings. The van der Waals surface area contributed by atoms with Crippen LogP contribution in [0.25, 0.3) is 0 Å². The fraction of sp³-hybridized carbons (Fsp3) is 0.550. The molecular formula is C20H30Cl2N4O2S. The lowest BCUT2D eigenvalue weighted by molar-refractivity contribution is 0.212. The fourth-order valence-corrected chi connectivity index (χ4v) is 3.71. The van der Waals surface area contributed by atoms with Crippen LogP contribution >= 0.6 is 35.0 Å². The predicted molar refractivity (Wildman–Crippen MR) is 126 cm³/mol. The van der Waals surface area contributed by atoms with E-state index < -0.39 is 0 Å². The molecule has 1 aromatic carbocycles. The van der Waals surface area contributed by atoms with Crippen LogP contribution in [-0.4, -0.2) is 51.4 Å². The van der Waals surface area contributed by atoms with Gasteiger partial charge in [0.15, 0.2) is 5.17 Å². The summed E-state index contributed by atoms with van der Waals surface area (Å²) in [5, 5.41) is 4.14. The van der Waals surface area contributed by atoms with E-state index in [0.717, 1.165) is 6.42 Å². The maximum atomic E-state index is 13.1. The normalized spacial score (nSPS) is 12.7.